The average molecular weight is 298 g/mol. The van der Waals surface area contributed by atoms with Gasteiger partial charge in [-0.1, -0.05) is 17.7 Å². The lowest BCUT2D eigenvalue weighted by molar-refractivity contribution is -0.130. The number of benzene rings is 1. The summed E-state index contributed by atoms with van der Waals surface area (Å²) in [5.74, 6) is -1.35. The van der Waals surface area contributed by atoms with Crippen molar-refractivity contribution in [2.24, 2.45) is 0 Å². The molecule has 1 aromatic rings. The Morgan fingerprint density at radius 1 is 1.45 bits per heavy atom. The summed E-state index contributed by atoms with van der Waals surface area (Å²) in [7, 11) is 0. The van der Waals surface area contributed by atoms with E-state index in [9.17, 15) is 14.4 Å². The SMILES string of the molecule is Nc1c(Cl)cccc1C(=O)OCC(=O)N1CCNC1=O. The second-order valence-electron chi connectivity index (χ2n) is 4.05. The maximum atomic E-state index is 11.8. The molecule has 106 valence electrons. The van der Waals surface area contributed by atoms with Gasteiger partial charge in [-0.15, -0.1) is 0 Å². The number of nitrogens with two attached hydrogens (primary N) is 1. The summed E-state index contributed by atoms with van der Waals surface area (Å²) in [6.45, 7) is 0.118. The summed E-state index contributed by atoms with van der Waals surface area (Å²) < 4.78 is 4.84. The van der Waals surface area contributed by atoms with Gasteiger partial charge in [0.1, 0.15) is 0 Å². The fourth-order valence-corrected chi connectivity index (χ4v) is 1.88. The first-order valence-corrected chi connectivity index (χ1v) is 6.18. The summed E-state index contributed by atoms with van der Waals surface area (Å²) >= 11 is 5.78. The number of carbonyl (C=O) groups excluding carboxylic acids is 3. The molecule has 0 aliphatic carbocycles. The predicted molar refractivity (Wildman–Crippen MR) is 71.3 cm³/mol. The van der Waals surface area contributed by atoms with E-state index < -0.39 is 24.5 Å². The van der Waals surface area contributed by atoms with Crippen LogP contribution < -0.4 is 11.1 Å². The van der Waals surface area contributed by atoms with E-state index in [0.29, 0.717) is 6.54 Å². The quantitative estimate of drug-likeness (QED) is 0.629. The van der Waals surface area contributed by atoms with Crippen LogP contribution in [0.2, 0.25) is 5.02 Å². The second-order valence-corrected chi connectivity index (χ2v) is 4.46. The van der Waals surface area contributed by atoms with Crippen LogP contribution in [-0.2, 0) is 9.53 Å². The van der Waals surface area contributed by atoms with Gasteiger partial charge in [-0.05, 0) is 12.1 Å². The maximum absolute atomic E-state index is 11.8. The van der Waals surface area contributed by atoms with Gasteiger partial charge >= 0.3 is 12.0 Å². The van der Waals surface area contributed by atoms with Crippen molar-refractivity contribution >= 4 is 35.2 Å². The lowest BCUT2D eigenvalue weighted by atomic mass is 10.2. The van der Waals surface area contributed by atoms with Crippen molar-refractivity contribution in [2.45, 2.75) is 0 Å². The standard InChI is InChI=1S/C12H12ClN3O4/c13-8-3-1-2-7(10(8)14)11(18)20-6-9(17)16-5-4-15-12(16)19/h1-3H,4-6,14H2,(H,15,19). The summed E-state index contributed by atoms with van der Waals surface area (Å²) in [5, 5.41) is 2.70. The average Bonchev–Trinajstić information content (AvgIpc) is 2.85. The van der Waals surface area contributed by atoms with E-state index in [2.05, 4.69) is 5.32 Å². The number of amides is 3. The summed E-state index contributed by atoms with van der Waals surface area (Å²) in [6, 6.07) is 4.03. The molecule has 3 amide bonds. The van der Waals surface area contributed by atoms with Gasteiger partial charge in [0.05, 0.1) is 16.3 Å². The van der Waals surface area contributed by atoms with Crippen molar-refractivity contribution in [1.82, 2.24) is 10.2 Å². The van der Waals surface area contributed by atoms with E-state index in [1.165, 1.54) is 12.1 Å². The largest absolute Gasteiger partial charge is 0.452 e. The van der Waals surface area contributed by atoms with Crippen LogP contribution >= 0.6 is 11.6 Å². The van der Waals surface area contributed by atoms with Crippen molar-refractivity contribution in [1.29, 1.82) is 0 Å². The molecule has 0 bridgehead atoms. The minimum Gasteiger partial charge on any atom is -0.452 e. The van der Waals surface area contributed by atoms with Crippen LogP contribution in [0, 0.1) is 0 Å². The lowest BCUT2D eigenvalue weighted by Crippen LogP contribution is -2.37. The number of imide groups is 1. The zero-order valence-electron chi connectivity index (χ0n) is 10.4. The molecule has 0 radical (unpaired) electrons. The number of nitrogens with one attached hydrogen (secondary N) is 1. The summed E-state index contributed by atoms with van der Waals surface area (Å²) in [5.41, 5.74) is 5.81. The molecule has 0 atom stereocenters. The number of rotatable bonds is 3. The third-order valence-corrected chi connectivity index (χ3v) is 3.09. The normalized spacial score (nSPS) is 14.1. The van der Waals surface area contributed by atoms with Crippen LogP contribution in [0.4, 0.5) is 10.5 Å². The molecule has 1 saturated heterocycles. The number of nitrogen functional groups attached to an aromatic ring is 1. The van der Waals surface area contributed by atoms with Gasteiger partial charge in [0.25, 0.3) is 5.91 Å². The predicted octanol–water partition coefficient (Wildman–Crippen LogP) is 0.631. The van der Waals surface area contributed by atoms with Crippen molar-refractivity contribution < 1.29 is 19.1 Å². The minimum atomic E-state index is -0.766. The van der Waals surface area contributed by atoms with E-state index >= 15 is 0 Å². The van der Waals surface area contributed by atoms with E-state index in [1.54, 1.807) is 6.07 Å². The summed E-state index contributed by atoms with van der Waals surface area (Å²) in [6.07, 6.45) is 0. The zero-order valence-corrected chi connectivity index (χ0v) is 11.1. The molecular formula is C12H12ClN3O4. The first-order chi connectivity index (χ1) is 9.50. The Labute approximate surface area is 119 Å². The highest BCUT2D eigenvalue weighted by atomic mass is 35.5. The smallest absolute Gasteiger partial charge is 0.340 e. The number of carbonyl (C=O) groups is 3. The summed E-state index contributed by atoms with van der Waals surface area (Å²) in [4.78, 5) is 35.7. The third kappa shape index (κ3) is 2.83. The Morgan fingerprint density at radius 2 is 2.20 bits per heavy atom. The number of nitrogens with zero attached hydrogens (tertiary/aromatic N) is 1. The number of urea groups is 1. The zero-order chi connectivity index (χ0) is 14.7. The first-order valence-electron chi connectivity index (χ1n) is 5.80. The van der Waals surface area contributed by atoms with E-state index in [0.717, 1.165) is 4.90 Å². The number of halogens is 1. The highest BCUT2D eigenvalue weighted by Crippen LogP contribution is 2.22. The molecule has 7 nitrogen and oxygen atoms in total. The molecular weight excluding hydrogens is 286 g/mol. The number of esters is 1. The van der Waals surface area contributed by atoms with E-state index in [-0.39, 0.29) is 22.8 Å². The molecule has 20 heavy (non-hydrogen) atoms. The molecule has 1 heterocycles. The number of anilines is 1. The second kappa shape index (κ2) is 5.79. The molecule has 3 N–H and O–H groups in total. The van der Waals surface area contributed by atoms with Crippen LogP contribution in [0.25, 0.3) is 0 Å². The van der Waals surface area contributed by atoms with Crippen molar-refractivity contribution in [3.63, 3.8) is 0 Å². The van der Waals surface area contributed by atoms with Crippen LogP contribution in [0.5, 0.6) is 0 Å². The van der Waals surface area contributed by atoms with E-state index in [4.69, 9.17) is 22.1 Å². The molecule has 0 spiro atoms. The molecule has 1 aliphatic heterocycles. The van der Waals surface area contributed by atoms with Crippen molar-refractivity contribution in [3.8, 4) is 0 Å². The Balaban J connectivity index is 1.97. The van der Waals surface area contributed by atoms with Gasteiger partial charge in [0, 0.05) is 13.1 Å². The molecule has 1 fully saturated rings. The number of ether oxygens (including phenoxy) is 1. The van der Waals surface area contributed by atoms with Gasteiger partial charge < -0.3 is 15.8 Å². The first kappa shape index (κ1) is 14.1. The monoisotopic (exact) mass is 297 g/mol. The van der Waals surface area contributed by atoms with Crippen molar-refractivity contribution in [2.75, 3.05) is 25.4 Å². The van der Waals surface area contributed by atoms with Crippen LogP contribution in [-0.4, -0.2) is 42.5 Å². The topological polar surface area (TPSA) is 102 Å². The number of para-hydroxylation sites is 1. The highest BCUT2D eigenvalue weighted by molar-refractivity contribution is 6.33. The molecule has 0 saturated carbocycles. The van der Waals surface area contributed by atoms with E-state index in [1.807, 2.05) is 0 Å². The fraction of sp³-hybridized carbons (Fsp3) is 0.250. The van der Waals surface area contributed by atoms with Gasteiger partial charge in [0.15, 0.2) is 6.61 Å². The minimum absolute atomic E-state index is 0.0798. The third-order valence-electron chi connectivity index (χ3n) is 2.76. The molecule has 0 unspecified atom stereocenters. The highest BCUT2D eigenvalue weighted by Gasteiger charge is 2.27. The molecule has 1 aliphatic rings. The Bertz CT molecular complexity index is 576. The molecule has 8 heteroatoms. The fourth-order valence-electron chi connectivity index (χ4n) is 1.71. The maximum Gasteiger partial charge on any atom is 0.340 e. The van der Waals surface area contributed by atoms with Crippen LogP contribution in [0.3, 0.4) is 0 Å². The Kier molecular flexibility index (Phi) is 4.09. The molecule has 2 rings (SSSR count). The molecule has 0 aromatic heterocycles. The Hall–Kier alpha value is -2.28. The number of hydrogen-bond donors (Lipinski definition) is 2. The Morgan fingerprint density at radius 3 is 2.85 bits per heavy atom. The van der Waals surface area contributed by atoms with Gasteiger partial charge in [-0.2, -0.15) is 0 Å². The van der Waals surface area contributed by atoms with Crippen LogP contribution in [0.15, 0.2) is 18.2 Å². The lowest BCUT2D eigenvalue weighted by Gasteiger charge is -2.12. The van der Waals surface area contributed by atoms with Gasteiger partial charge in [0.2, 0.25) is 0 Å². The van der Waals surface area contributed by atoms with Gasteiger partial charge in [-0.3, -0.25) is 9.69 Å². The van der Waals surface area contributed by atoms with Crippen molar-refractivity contribution in [3.05, 3.63) is 28.8 Å². The number of hydrogen-bond acceptors (Lipinski definition) is 5. The molecule has 1 aromatic carbocycles. The van der Waals surface area contributed by atoms with Gasteiger partial charge in [-0.25, -0.2) is 9.59 Å². The van der Waals surface area contributed by atoms with Crippen LogP contribution in [0.1, 0.15) is 10.4 Å².